The van der Waals surface area contributed by atoms with E-state index in [9.17, 15) is 0 Å². The van der Waals surface area contributed by atoms with Crippen LogP contribution in [0.25, 0.3) is 0 Å². The van der Waals surface area contributed by atoms with Crippen LogP contribution in [-0.4, -0.2) is 30.1 Å². The molecule has 1 heterocycles. The van der Waals surface area contributed by atoms with Gasteiger partial charge < -0.3 is 10.2 Å². The SMILES string of the molecule is CC(C)N1CCCC(NCc2cccc(Br)c2)CC1. The van der Waals surface area contributed by atoms with E-state index in [-0.39, 0.29) is 0 Å². The smallest absolute Gasteiger partial charge is 0.0208 e. The van der Waals surface area contributed by atoms with E-state index in [0.717, 1.165) is 6.54 Å². The van der Waals surface area contributed by atoms with Gasteiger partial charge in [-0.05, 0) is 63.9 Å². The number of hydrogen-bond acceptors (Lipinski definition) is 2. The lowest BCUT2D eigenvalue weighted by Crippen LogP contribution is -2.33. The monoisotopic (exact) mass is 324 g/mol. The second kappa shape index (κ2) is 7.41. The molecule has 0 radical (unpaired) electrons. The van der Waals surface area contributed by atoms with E-state index in [2.05, 4.69) is 64.3 Å². The first-order valence-electron chi connectivity index (χ1n) is 7.37. The molecular weight excluding hydrogens is 300 g/mol. The number of hydrogen-bond donors (Lipinski definition) is 1. The van der Waals surface area contributed by atoms with Crippen molar-refractivity contribution in [2.24, 2.45) is 0 Å². The molecule has 1 N–H and O–H groups in total. The molecule has 0 aromatic heterocycles. The molecule has 0 aliphatic carbocycles. The van der Waals surface area contributed by atoms with Crippen molar-refractivity contribution in [3.63, 3.8) is 0 Å². The predicted molar refractivity (Wildman–Crippen MR) is 85.3 cm³/mol. The minimum Gasteiger partial charge on any atom is -0.310 e. The van der Waals surface area contributed by atoms with Crippen molar-refractivity contribution in [3.8, 4) is 0 Å². The van der Waals surface area contributed by atoms with Crippen LogP contribution in [0.1, 0.15) is 38.7 Å². The number of rotatable bonds is 4. The minimum atomic E-state index is 0.669. The molecule has 1 saturated heterocycles. The summed E-state index contributed by atoms with van der Waals surface area (Å²) in [6.07, 6.45) is 3.89. The molecule has 19 heavy (non-hydrogen) atoms. The summed E-state index contributed by atoms with van der Waals surface area (Å²) in [6.45, 7) is 8.07. The number of halogens is 1. The molecule has 2 nitrogen and oxygen atoms in total. The van der Waals surface area contributed by atoms with Crippen molar-refractivity contribution in [1.82, 2.24) is 10.2 Å². The summed E-state index contributed by atoms with van der Waals surface area (Å²) in [5.41, 5.74) is 1.36. The summed E-state index contributed by atoms with van der Waals surface area (Å²) < 4.78 is 1.17. The van der Waals surface area contributed by atoms with Crippen LogP contribution in [0.2, 0.25) is 0 Å². The molecular formula is C16H25BrN2. The van der Waals surface area contributed by atoms with Gasteiger partial charge in [0.15, 0.2) is 0 Å². The molecule has 1 unspecified atom stereocenters. The zero-order valence-corrected chi connectivity index (χ0v) is 13.6. The average molecular weight is 325 g/mol. The first kappa shape index (κ1) is 15.0. The second-order valence-electron chi connectivity index (χ2n) is 5.77. The Morgan fingerprint density at radius 2 is 2.16 bits per heavy atom. The lowest BCUT2D eigenvalue weighted by molar-refractivity contribution is 0.229. The predicted octanol–water partition coefficient (Wildman–Crippen LogP) is 3.80. The van der Waals surface area contributed by atoms with Crippen LogP contribution in [0, 0.1) is 0 Å². The highest BCUT2D eigenvalue weighted by molar-refractivity contribution is 9.10. The van der Waals surface area contributed by atoms with Crippen LogP contribution in [0.5, 0.6) is 0 Å². The largest absolute Gasteiger partial charge is 0.310 e. The zero-order valence-electron chi connectivity index (χ0n) is 12.0. The first-order chi connectivity index (χ1) is 9.15. The Hall–Kier alpha value is -0.380. The van der Waals surface area contributed by atoms with Gasteiger partial charge in [0, 0.05) is 23.1 Å². The molecule has 106 valence electrons. The van der Waals surface area contributed by atoms with E-state index in [1.807, 2.05) is 0 Å². The van der Waals surface area contributed by atoms with Crippen molar-refractivity contribution in [2.75, 3.05) is 13.1 Å². The van der Waals surface area contributed by atoms with Gasteiger partial charge in [-0.15, -0.1) is 0 Å². The third kappa shape index (κ3) is 4.90. The van der Waals surface area contributed by atoms with E-state index in [4.69, 9.17) is 0 Å². The van der Waals surface area contributed by atoms with Gasteiger partial charge in [0.25, 0.3) is 0 Å². The molecule has 1 atom stereocenters. The van der Waals surface area contributed by atoms with E-state index < -0.39 is 0 Å². The summed E-state index contributed by atoms with van der Waals surface area (Å²) in [5.74, 6) is 0. The fourth-order valence-electron chi connectivity index (χ4n) is 2.75. The molecule has 1 aromatic rings. The Labute approximate surface area is 125 Å². The third-order valence-corrected chi connectivity index (χ3v) is 4.47. The summed E-state index contributed by atoms with van der Waals surface area (Å²) >= 11 is 3.53. The van der Waals surface area contributed by atoms with Crippen molar-refractivity contribution in [2.45, 2.75) is 51.7 Å². The average Bonchev–Trinajstić information content (AvgIpc) is 2.62. The highest BCUT2D eigenvalue weighted by atomic mass is 79.9. The van der Waals surface area contributed by atoms with Gasteiger partial charge in [0.1, 0.15) is 0 Å². The van der Waals surface area contributed by atoms with Crippen LogP contribution in [0.15, 0.2) is 28.7 Å². The van der Waals surface area contributed by atoms with Crippen molar-refractivity contribution in [1.29, 1.82) is 0 Å². The Morgan fingerprint density at radius 3 is 2.89 bits per heavy atom. The minimum absolute atomic E-state index is 0.669. The Morgan fingerprint density at radius 1 is 1.32 bits per heavy atom. The maximum Gasteiger partial charge on any atom is 0.0208 e. The Kier molecular flexibility index (Phi) is 5.86. The third-order valence-electron chi connectivity index (χ3n) is 3.98. The number of benzene rings is 1. The number of likely N-dealkylation sites (tertiary alicyclic amines) is 1. The topological polar surface area (TPSA) is 15.3 Å². The molecule has 1 aromatic carbocycles. The van der Waals surface area contributed by atoms with Crippen molar-refractivity contribution >= 4 is 15.9 Å². The summed E-state index contributed by atoms with van der Waals surface area (Å²) in [4.78, 5) is 2.60. The van der Waals surface area contributed by atoms with Gasteiger partial charge in [0.2, 0.25) is 0 Å². The fraction of sp³-hybridized carbons (Fsp3) is 0.625. The molecule has 1 fully saturated rings. The van der Waals surface area contributed by atoms with E-state index >= 15 is 0 Å². The number of nitrogens with one attached hydrogen (secondary N) is 1. The van der Waals surface area contributed by atoms with Gasteiger partial charge in [0.05, 0.1) is 0 Å². The molecule has 3 heteroatoms. The van der Waals surface area contributed by atoms with Gasteiger partial charge in [-0.1, -0.05) is 28.1 Å². The molecule has 0 bridgehead atoms. The first-order valence-corrected chi connectivity index (χ1v) is 8.16. The second-order valence-corrected chi connectivity index (χ2v) is 6.68. The highest BCUT2D eigenvalue weighted by Gasteiger charge is 2.18. The normalized spacial score (nSPS) is 21.6. The molecule has 1 aliphatic heterocycles. The van der Waals surface area contributed by atoms with E-state index in [1.54, 1.807) is 0 Å². The molecule has 0 amide bonds. The van der Waals surface area contributed by atoms with Crippen molar-refractivity contribution in [3.05, 3.63) is 34.3 Å². The van der Waals surface area contributed by atoms with Crippen LogP contribution in [-0.2, 0) is 6.54 Å². The number of nitrogens with zero attached hydrogens (tertiary/aromatic N) is 1. The summed E-state index contributed by atoms with van der Waals surface area (Å²) in [6, 6.07) is 9.93. The Bertz CT molecular complexity index is 392. The van der Waals surface area contributed by atoms with Crippen LogP contribution >= 0.6 is 15.9 Å². The van der Waals surface area contributed by atoms with Crippen molar-refractivity contribution < 1.29 is 0 Å². The molecule has 1 aliphatic rings. The quantitative estimate of drug-likeness (QED) is 0.906. The summed E-state index contributed by atoms with van der Waals surface area (Å²) in [5, 5.41) is 3.72. The maximum atomic E-state index is 3.72. The van der Waals surface area contributed by atoms with Crippen LogP contribution in [0.4, 0.5) is 0 Å². The van der Waals surface area contributed by atoms with E-state index in [0.29, 0.717) is 12.1 Å². The lowest BCUT2D eigenvalue weighted by atomic mass is 10.1. The lowest BCUT2D eigenvalue weighted by Gasteiger charge is -2.24. The van der Waals surface area contributed by atoms with Gasteiger partial charge >= 0.3 is 0 Å². The maximum absolute atomic E-state index is 3.72. The molecule has 0 spiro atoms. The Balaban J connectivity index is 1.80. The summed E-state index contributed by atoms with van der Waals surface area (Å²) in [7, 11) is 0. The van der Waals surface area contributed by atoms with E-state index in [1.165, 1.54) is 42.4 Å². The van der Waals surface area contributed by atoms with Crippen LogP contribution in [0.3, 0.4) is 0 Å². The van der Waals surface area contributed by atoms with Gasteiger partial charge in [-0.25, -0.2) is 0 Å². The fourth-order valence-corrected chi connectivity index (χ4v) is 3.19. The van der Waals surface area contributed by atoms with Gasteiger partial charge in [-0.2, -0.15) is 0 Å². The zero-order chi connectivity index (χ0) is 13.7. The van der Waals surface area contributed by atoms with Crippen LogP contribution < -0.4 is 5.32 Å². The highest BCUT2D eigenvalue weighted by Crippen LogP contribution is 2.15. The standard InChI is InChI=1S/C16H25BrN2/c1-13(2)19-9-4-7-16(8-10-19)18-12-14-5-3-6-15(17)11-14/h3,5-6,11,13,16,18H,4,7-10,12H2,1-2H3. The molecule has 0 saturated carbocycles. The molecule has 2 rings (SSSR count). The van der Waals surface area contributed by atoms with Gasteiger partial charge in [-0.3, -0.25) is 0 Å².